The van der Waals surface area contributed by atoms with Crippen molar-refractivity contribution in [2.75, 3.05) is 0 Å². The highest BCUT2D eigenvalue weighted by atomic mass is 16.5. The molecule has 5 rings (SSSR count). The second-order valence-electron chi connectivity index (χ2n) is 15.2. The van der Waals surface area contributed by atoms with Gasteiger partial charge in [0.1, 0.15) is 12.0 Å². The molecule has 5 aliphatic carbocycles. The summed E-state index contributed by atoms with van der Waals surface area (Å²) in [4.78, 5) is 38.0. The molecule has 0 aromatic heterocycles. The van der Waals surface area contributed by atoms with Crippen molar-refractivity contribution in [3.8, 4) is 0 Å². The molecule has 0 aliphatic heterocycles. The zero-order valence-corrected chi connectivity index (χ0v) is 24.4. The van der Waals surface area contributed by atoms with Gasteiger partial charge in [-0.05, 0) is 104 Å². The van der Waals surface area contributed by atoms with E-state index in [0.717, 1.165) is 50.5 Å². The number of carbonyl (C=O) groups is 3. The highest BCUT2D eigenvalue weighted by Gasteiger charge is 2.76. The predicted molar refractivity (Wildman–Crippen MR) is 144 cm³/mol. The molecule has 6 heteroatoms. The number of hydrogen-bond donors (Lipinski definition) is 2. The third-order valence-corrected chi connectivity index (χ3v) is 13.8. The molecule has 212 valence electrons. The van der Waals surface area contributed by atoms with Gasteiger partial charge in [0.15, 0.2) is 0 Å². The van der Waals surface area contributed by atoms with Gasteiger partial charge in [0, 0.05) is 12.3 Å². The quantitative estimate of drug-likeness (QED) is 0.316. The Balaban J connectivity index is 1.61. The molecule has 0 aromatic rings. The monoisotopic (exact) mass is 528 g/mol. The molecule has 5 saturated carbocycles. The van der Waals surface area contributed by atoms with Gasteiger partial charge in [-0.15, -0.1) is 0 Å². The second kappa shape index (κ2) is 8.33. The number of aliphatic carboxylic acids is 2. The van der Waals surface area contributed by atoms with E-state index in [1.807, 2.05) is 0 Å². The van der Waals surface area contributed by atoms with Gasteiger partial charge in [0.05, 0.1) is 5.41 Å². The van der Waals surface area contributed by atoms with Crippen molar-refractivity contribution in [2.24, 2.45) is 62.6 Å². The SMILES string of the molecule is C=C(C)C1CC[C@]2(C(=O)O)CC[C@]3(C)[C@H](CC[C@H]4[C@@]5(C)C(C(=O)O)C(OC(C)=O)C(C)(C)[C@H]5CC[C@]43C)[C@H]12. The molecule has 38 heavy (non-hydrogen) atoms. The fourth-order valence-electron chi connectivity index (χ4n) is 12.2. The molecule has 0 heterocycles. The van der Waals surface area contributed by atoms with Crippen molar-refractivity contribution in [3.63, 3.8) is 0 Å². The molecule has 5 aliphatic rings. The average Bonchev–Trinajstić information content (AvgIpc) is 3.27. The molecular weight excluding hydrogens is 480 g/mol. The smallest absolute Gasteiger partial charge is 0.310 e. The van der Waals surface area contributed by atoms with Gasteiger partial charge in [0.2, 0.25) is 0 Å². The number of carbonyl (C=O) groups excluding carboxylic acids is 1. The van der Waals surface area contributed by atoms with Crippen LogP contribution in [0.1, 0.15) is 99.8 Å². The largest absolute Gasteiger partial charge is 0.481 e. The van der Waals surface area contributed by atoms with Crippen LogP contribution in [0, 0.1) is 62.6 Å². The average molecular weight is 529 g/mol. The summed E-state index contributed by atoms with van der Waals surface area (Å²) in [6, 6.07) is 0. The zero-order valence-electron chi connectivity index (χ0n) is 24.4. The van der Waals surface area contributed by atoms with Crippen LogP contribution in [0.5, 0.6) is 0 Å². The summed E-state index contributed by atoms with van der Waals surface area (Å²) in [5.41, 5.74) is -0.720. The van der Waals surface area contributed by atoms with Gasteiger partial charge in [0.25, 0.3) is 0 Å². The second-order valence-corrected chi connectivity index (χ2v) is 15.2. The molecule has 0 radical (unpaired) electrons. The Hall–Kier alpha value is -1.85. The lowest BCUT2D eigenvalue weighted by Crippen LogP contribution is -2.65. The fraction of sp³-hybridized carbons (Fsp3) is 0.844. The number of hydrogen-bond acceptors (Lipinski definition) is 4. The van der Waals surface area contributed by atoms with Crippen molar-refractivity contribution in [2.45, 2.75) is 106 Å². The number of esters is 1. The molecule has 11 atom stereocenters. The van der Waals surface area contributed by atoms with Crippen molar-refractivity contribution in [3.05, 3.63) is 12.2 Å². The maximum absolute atomic E-state index is 13.0. The van der Waals surface area contributed by atoms with Crippen LogP contribution < -0.4 is 0 Å². The Morgan fingerprint density at radius 3 is 2.03 bits per heavy atom. The minimum atomic E-state index is -0.863. The predicted octanol–water partition coefficient (Wildman–Crippen LogP) is 6.58. The van der Waals surface area contributed by atoms with Crippen LogP contribution in [0.4, 0.5) is 0 Å². The Kier molecular flexibility index (Phi) is 6.07. The number of carboxylic acid groups (broad SMARTS) is 2. The van der Waals surface area contributed by atoms with Crippen molar-refractivity contribution >= 4 is 17.9 Å². The maximum atomic E-state index is 13.0. The van der Waals surface area contributed by atoms with Gasteiger partial charge in [-0.3, -0.25) is 14.4 Å². The van der Waals surface area contributed by atoms with Crippen LogP contribution in [0.15, 0.2) is 12.2 Å². The van der Waals surface area contributed by atoms with E-state index in [4.69, 9.17) is 4.74 Å². The first kappa shape index (κ1) is 27.7. The van der Waals surface area contributed by atoms with Crippen molar-refractivity contribution in [1.82, 2.24) is 0 Å². The van der Waals surface area contributed by atoms with Crippen LogP contribution in [-0.4, -0.2) is 34.2 Å². The minimum absolute atomic E-state index is 0.0851. The number of fused-ring (bicyclic) bond motifs is 7. The topological polar surface area (TPSA) is 101 Å². The van der Waals surface area contributed by atoms with Crippen LogP contribution in [0.3, 0.4) is 0 Å². The summed E-state index contributed by atoms with van der Waals surface area (Å²) in [5, 5.41) is 21.2. The molecule has 2 N–H and O–H groups in total. The van der Waals surface area contributed by atoms with Gasteiger partial charge < -0.3 is 14.9 Å². The standard InChI is InChI=1S/C32H48O6/c1-17(2)19-11-14-32(27(36)37)16-15-29(6)20(23(19)32)9-10-22-30(29,7)13-12-21-28(4,5)25(38-18(3)33)24(26(34)35)31(21,22)8/h19-25H,1,9-16H2,2-8H3,(H,34,35)(H,36,37)/t19?,20-,21-,22-,23+,24?,25?,29-,30-,31+,32+/m1/s1. The van der Waals surface area contributed by atoms with E-state index >= 15 is 0 Å². The Labute approximate surface area is 228 Å². The first-order valence-corrected chi connectivity index (χ1v) is 14.8. The lowest BCUT2D eigenvalue weighted by atomic mass is 9.34. The van der Waals surface area contributed by atoms with E-state index in [1.54, 1.807) is 0 Å². The molecule has 0 saturated heterocycles. The highest BCUT2D eigenvalue weighted by Crippen LogP contribution is 2.79. The first-order chi connectivity index (χ1) is 17.5. The van der Waals surface area contributed by atoms with Gasteiger partial charge >= 0.3 is 17.9 Å². The Morgan fingerprint density at radius 2 is 1.47 bits per heavy atom. The van der Waals surface area contributed by atoms with E-state index in [1.165, 1.54) is 6.92 Å². The molecule has 5 fully saturated rings. The summed E-state index contributed by atoms with van der Waals surface area (Å²) in [6.45, 7) is 18.9. The summed E-state index contributed by atoms with van der Waals surface area (Å²) < 4.78 is 5.84. The van der Waals surface area contributed by atoms with Crippen molar-refractivity contribution in [1.29, 1.82) is 0 Å². The van der Waals surface area contributed by atoms with Gasteiger partial charge in [-0.25, -0.2) is 0 Å². The summed E-state index contributed by atoms with van der Waals surface area (Å²) >= 11 is 0. The third kappa shape index (κ3) is 3.15. The normalized spacial score (nSPS) is 50.7. The van der Waals surface area contributed by atoms with E-state index < -0.39 is 46.2 Å². The Bertz CT molecular complexity index is 1080. The van der Waals surface area contributed by atoms with Crippen LogP contribution >= 0.6 is 0 Å². The van der Waals surface area contributed by atoms with E-state index in [-0.39, 0.29) is 40.4 Å². The Morgan fingerprint density at radius 1 is 0.816 bits per heavy atom. The maximum Gasteiger partial charge on any atom is 0.310 e. The molecule has 3 unspecified atom stereocenters. The van der Waals surface area contributed by atoms with Crippen LogP contribution in [-0.2, 0) is 19.1 Å². The fourth-order valence-corrected chi connectivity index (χ4v) is 12.2. The van der Waals surface area contributed by atoms with Gasteiger partial charge in [-0.2, -0.15) is 0 Å². The highest BCUT2D eigenvalue weighted by molar-refractivity contribution is 5.76. The molecule has 6 nitrogen and oxygen atoms in total. The van der Waals surface area contributed by atoms with E-state index in [9.17, 15) is 24.6 Å². The molecule has 0 aromatic carbocycles. The van der Waals surface area contributed by atoms with Crippen LogP contribution in [0.2, 0.25) is 0 Å². The van der Waals surface area contributed by atoms with Crippen molar-refractivity contribution < 1.29 is 29.3 Å². The molecular formula is C32H48O6. The molecule has 0 bridgehead atoms. The summed E-state index contributed by atoms with van der Waals surface area (Å²) in [5.74, 6) is -1.78. The lowest BCUT2D eigenvalue weighted by Gasteiger charge is -2.70. The number of carboxylic acids is 2. The third-order valence-electron chi connectivity index (χ3n) is 13.8. The number of ether oxygens (including phenoxy) is 1. The summed E-state index contributed by atoms with van der Waals surface area (Å²) in [7, 11) is 0. The van der Waals surface area contributed by atoms with Gasteiger partial charge in [-0.1, -0.05) is 46.8 Å². The van der Waals surface area contributed by atoms with E-state index in [2.05, 4.69) is 48.1 Å². The molecule has 0 amide bonds. The first-order valence-electron chi connectivity index (χ1n) is 14.8. The van der Waals surface area contributed by atoms with E-state index in [0.29, 0.717) is 6.42 Å². The number of allylic oxidation sites excluding steroid dienone is 1. The molecule has 0 spiro atoms. The zero-order chi connectivity index (χ0) is 28.2. The summed E-state index contributed by atoms with van der Waals surface area (Å²) in [6.07, 6.45) is 6.25. The number of rotatable bonds is 4. The lowest BCUT2D eigenvalue weighted by molar-refractivity contribution is -0.228. The van der Waals surface area contributed by atoms with Crippen LogP contribution in [0.25, 0.3) is 0 Å². The minimum Gasteiger partial charge on any atom is -0.481 e.